The molecule has 142 valence electrons. The molecule has 3 nitrogen and oxygen atoms in total. The molecule has 2 aromatic carbocycles. The molecule has 1 atom stereocenters. The number of phenols is 1. The number of benzene rings is 2. The lowest BCUT2D eigenvalue weighted by Gasteiger charge is -2.15. The number of phenolic OH excluding ortho intramolecular Hbond substituents is 1. The van der Waals surface area contributed by atoms with Crippen molar-refractivity contribution in [3.8, 4) is 11.5 Å². The molecule has 0 fully saturated rings. The van der Waals surface area contributed by atoms with E-state index in [1.807, 2.05) is 26.0 Å². The van der Waals surface area contributed by atoms with E-state index < -0.39 is 11.7 Å². The highest BCUT2D eigenvalue weighted by Gasteiger charge is 2.29. The molecule has 2 aromatic rings. The lowest BCUT2D eigenvalue weighted by atomic mass is 10.0. The summed E-state index contributed by atoms with van der Waals surface area (Å²) in [5.74, 6) is 0.611. The first-order valence-electron chi connectivity index (χ1n) is 8.63. The summed E-state index contributed by atoms with van der Waals surface area (Å²) in [5, 5.41) is 13.0. The standard InChI is InChI=1S/C20H24F3NO2/c1-3-26-19-12-15(8-11-18(19)25)5-4-14(2)24-13-16-6-9-17(10-7-16)20(21,22)23/h6-12,14,24-25H,3-5,13H2,1-2H3. The minimum Gasteiger partial charge on any atom is -0.504 e. The summed E-state index contributed by atoms with van der Waals surface area (Å²) < 4.78 is 43.0. The van der Waals surface area contributed by atoms with Crippen LogP contribution in [0.1, 0.15) is 37.0 Å². The lowest BCUT2D eigenvalue weighted by molar-refractivity contribution is -0.137. The topological polar surface area (TPSA) is 41.5 Å². The van der Waals surface area contributed by atoms with Gasteiger partial charge in [-0.2, -0.15) is 13.2 Å². The molecule has 6 heteroatoms. The summed E-state index contributed by atoms with van der Waals surface area (Å²) in [6.07, 6.45) is -2.64. The Morgan fingerprint density at radius 2 is 1.73 bits per heavy atom. The fraction of sp³-hybridized carbons (Fsp3) is 0.400. The average molecular weight is 367 g/mol. The van der Waals surface area contributed by atoms with Gasteiger partial charge in [0.25, 0.3) is 0 Å². The molecular formula is C20H24F3NO2. The molecule has 2 N–H and O–H groups in total. The minimum atomic E-state index is -4.30. The number of ether oxygens (including phenoxy) is 1. The SMILES string of the molecule is CCOc1cc(CCC(C)NCc2ccc(C(F)(F)F)cc2)ccc1O. The Balaban J connectivity index is 1.82. The first-order chi connectivity index (χ1) is 12.3. The van der Waals surface area contributed by atoms with E-state index in [-0.39, 0.29) is 11.8 Å². The van der Waals surface area contributed by atoms with Gasteiger partial charge in [0, 0.05) is 12.6 Å². The van der Waals surface area contributed by atoms with Crippen LogP contribution in [-0.4, -0.2) is 17.8 Å². The van der Waals surface area contributed by atoms with Gasteiger partial charge in [-0.05, 0) is 62.1 Å². The summed E-state index contributed by atoms with van der Waals surface area (Å²) >= 11 is 0. The molecule has 0 aliphatic carbocycles. The summed E-state index contributed by atoms with van der Waals surface area (Å²) in [4.78, 5) is 0. The van der Waals surface area contributed by atoms with Crippen LogP contribution in [0, 0.1) is 0 Å². The third-order valence-electron chi connectivity index (χ3n) is 4.13. The van der Waals surface area contributed by atoms with Crippen LogP contribution in [0.2, 0.25) is 0 Å². The zero-order valence-electron chi connectivity index (χ0n) is 14.9. The number of halogens is 3. The first-order valence-corrected chi connectivity index (χ1v) is 8.63. The summed E-state index contributed by atoms with van der Waals surface area (Å²) in [7, 11) is 0. The van der Waals surface area contributed by atoms with Gasteiger partial charge < -0.3 is 15.2 Å². The Bertz CT molecular complexity index is 699. The van der Waals surface area contributed by atoms with Crippen molar-refractivity contribution in [1.82, 2.24) is 5.32 Å². The van der Waals surface area contributed by atoms with Crippen LogP contribution >= 0.6 is 0 Å². The average Bonchev–Trinajstić information content (AvgIpc) is 2.60. The highest BCUT2D eigenvalue weighted by atomic mass is 19.4. The van der Waals surface area contributed by atoms with Gasteiger partial charge in [-0.15, -0.1) is 0 Å². The molecule has 0 bridgehead atoms. The first kappa shape index (κ1) is 20.1. The summed E-state index contributed by atoms with van der Waals surface area (Å²) in [5.41, 5.74) is 1.24. The molecule has 1 unspecified atom stereocenters. The molecule has 26 heavy (non-hydrogen) atoms. The van der Waals surface area contributed by atoms with Crippen molar-refractivity contribution < 1.29 is 23.0 Å². The van der Waals surface area contributed by atoms with Gasteiger partial charge >= 0.3 is 6.18 Å². The number of aryl methyl sites for hydroxylation is 1. The van der Waals surface area contributed by atoms with E-state index in [1.54, 1.807) is 6.07 Å². The Morgan fingerprint density at radius 1 is 1.08 bits per heavy atom. The number of hydrogen-bond donors (Lipinski definition) is 2. The summed E-state index contributed by atoms with van der Waals surface area (Å²) in [6, 6.07) is 10.7. The number of alkyl halides is 3. The van der Waals surface area contributed by atoms with E-state index in [0.29, 0.717) is 18.9 Å². The minimum absolute atomic E-state index is 0.129. The Labute approximate surface area is 151 Å². The van der Waals surface area contributed by atoms with Gasteiger partial charge in [-0.25, -0.2) is 0 Å². The third kappa shape index (κ3) is 5.95. The van der Waals surface area contributed by atoms with Crippen molar-refractivity contribution in [2.75, 3.05) is 6.61 Å². The van der Waals surface area contributed by atoms with Crippen molar-refractivity contribution in [3.05, 3.63) is 59.2 Å². The van der Waals surface area contributed by atoms with E-state index in [0.717, 1.165) is 36.1 Å². The zero-order valence-corrected chi connectivity index (χ0v) is 14.9. The van der Waals surface area contributed by atoms with E-state index in [4.69, 9.17) is 4.74 Å². The second kappa shape index (κ2) is 8.94. The molecule has 0 aliphatic rings. The predicted molar refractivity (Wildman–Crippen MR) is 95.3 cm³/mol. The van der Waals surface area contributed by atoms with Crippen molar-refractivity contribution in [1.29, 1.82) is 0 Å². The second-order valence-electron chi connectivity index (χ2n) is 6.25. The molecule has 0 saturated heterocycles. The van der Waals surface area contributed by atoms with Gasteiger partial charge in [0.15, 0.2) is 11.5 Å². The molecule has 0 radical (unpaired) electrons. The maximum atomic E-state index is 12.6. The van der Waals surface area contributed by atoms with E-state index in [1.165, 1.54) is 12.1 Å². The van der Waals surface area contributed by atoms with Crippen molar-refractivity contribution in [2.45, 2.75) is 45.5 Å². The van der Waals surface area contributed by atoms with Crippen LogP contribution in [-0.2, 0) is 19.1 Å². The van der Waals surface area contributed by atoms with Crippen LogP contribution in [0.4, 0.5) is 13.2 Å². The van der Waals surface area contributed by atoms with Crippen molar-refractivity contribution >= 4 is 0 Å². The van der Waals surface area contributed by atoms with Crippen LogP contribution in [0.25, 0.3) is 0 Å². The smallest absolute Gasteiger partial charge is 0.416 e. The maximum absolute atomic E-state index is 12.6. The molecule has 0 aromatic heterocycles. The molecular weight excluding hydrogens is 343 g/mol. The van der Waals surface area contributed by atoms with Crippen LogP contribution in [0.15, 0.2) is 42.5 Å². The van der Waals surface area contributed by atoms with Crippen molar-refractivity contribution in [2.24, 2.45) is 0 Å². The number of rotatable bonds is 8. The fourth-order valence-corrected chi connectivity index (χ4v) is 2.57. The van der Waals surface area contributed by atoms with Gasteiger partial charge in [-0.1, -0.05) is 18.2 Å². The van der Waals surface area contributed by atoms with Gasteiger partial charge in [0.1, 0.15) is 0 Å². The molecule has 0 spiro atoms. The van der Waals surface area contributed by atoms with Gasteiger partial charge in [0.05, 0.1) is 12.2 Å². The van der Waals surface area contributed by atoms with Crippen LogP contribution in [0.5, 0.6) is 11.5 Å². The number of aromatic hydroxyl groups is 1. The highest BCUT2D eigenvalue weighted by molar-refractivity contribution is 5.41. The number of hydrogen-bond acceptors (Lipinski definition) is 3. The number of nitrogens with one attached hydrogen (secondary N) is 1. The monoisotopic (exact) mass is 367 g/mol. The van der Waals surface area contributed by atoms with Gasteiger partial charge in [-0.3, -0.25) is 0 Å². The van der Waals surface area contributed by atoms with Crippen LogP contribution < -0.4 is 10.1 Å². The quantitative estimate of drug-likeness (QED) is 0.696. The lowest BCUT2D eigenvalue weighted by Crippen LogP contribution is -2.26. The van der Waals surface area contributed by atoms with Crippen LogP contribution in [0.3, 0.4) is 0 Å². The highest BCUT2D eigenvalue weighted by Crippen LogP contribution is 2.29. The van der Waals surface area contributed by atoms with Gasteiger partial charge in [0.2, 0.25) is 0 Å². The summed E-state index contributed by atoms with van der Waals surface area (Å²) in [6.45, 7) is 4.90. The third-order valence-corrected chi connectivity index (χ3v) is 4.13. The van der Waals surface area contributed by atoms with E-state index in [9.17, 15) is 18.3 Å². The predicted octanol–water partition coefficient (Wildman–Crippen LogP) is 4.92. The second-order valence-corrected chi connectivity index (χ2v) is 6.25. The molecule has 2 rings (SSSR count). The van der Waals surface area contributed by atoms with E-state index in [2.05, 4.69) is 5.32 Å². The molecule has 0 heterocycles. The molecule has 0 amide bonds. The van der Waals surface area contributed by atoms with E-state index >= 15 is 0 Å². The Hall–Kier alpha value is -2.21. The largest absolute Gasteiger partial charge is 0.504 e. The maximum Gasteiger partial charge on any atom is 0.416 e. The normalized spacial score (nSPS) is 12.8. The Morgan fingerprint density at radius 3 is 2.35 bits per heavy atom. The molecule has 0 saturated carbocycles. The zero-order chi connectivity index (χ0) is 19.2. The Kier molecular flexibility index (Phi) is 6.91. The molecule has 0 aliphatic heterocycles. The van der Waals surface area contributed by atoms with Crippen molar-refractivity contribution in [3.63, 3.8) is 0 Å². The fourth-order valence-electron chi connectivity index (χ4n) is 2.57.